The number of nitrogens with zero attached hydrogens (tertiary/aromatic N) is 4. The van der Waals surface area contributed by atoms with E-state index in [-0.39, 0.29) is 5.91 Å². The summed E-state index contributed by atoms with van der Waals surface area (Å²) in [5.74, 6) is 1.21. The zero-order valence-electron chi connectivity index (χ0n) is 17.6. The van der Waals surface area contributed by atoms with Crippen molar-refractivity contribution in [2.24, 2.45) is 12.0 Å². The third-order valence-corrected chi connectivity index (χ3v) is 5.04. The molecule has 4 rings (SSSR count). The van der Waals surface area contributed by atoms with E-state index >= 15 is 0 Å². The minimum Gasteiger partial charge on any atom is -0.496 e. The highest BCUT2D eigenvalue weighted by Crippen LogP contribution is 2.41. The smallest absolute Gasteiger partial charge is 0.256 e. The van der Waals surface area contributed by atoms with Gasteiger partial charge in [-0.05, 0) is 43.9 Å². The molecule has 0 aliphatic carbocycles. The number of methoxy groups -OCH3 is 1. The molecule has 1 amide bonds. The lowest BCUT2D eigenvalue weighted by Crippen LogP contribution is -2.30. The van der Waals surface area contributed by atoms with Gasteiger partial charge in [-0.2, -0.15) is 5.10 Å². The van der Waals surface area contributed by atoms with Gasteiger partial charge in [0, 0.05) is 48.5 Å². The van der Waals surface area contributed by atoms with Crippen molar-refractivity contribution in [2.75, 3.05) is 21.2 Å². The summed E-state index contributed by atoms with van der Waals surface area (Å²) in [4.78, 5) is 19.6. The van der Waals surface area contributed by atoms with Gasteiger partial charge in [-0.3, -0.25) is 9.48 Å². The number of aromatic nitrogens is 2. The van der Waals surface area contributed by atoms with Crippen LogP contribution in [0, 0.1) is 0 Å². The number of rotatable bonds is 5. The highest BCUT2D eigenvalue weighted by molar-refractivity contribution is 6.10. The Morgan fingerprint density at radius 2 is 1.97 bits per heavy atom. The normalized spacial score (nSPS) is 12.6. The zero-order chi connectivity index (χ0) is 21.3. The van der Waals surface area contributed by atoms with Gasteiger partial charge in [0.25, 0.3) is 5.91 Å². The van der Waals surface area contributed by atoms with E-state index in [1.165, 1.54) is 0 Å². The number of aliphatic imine (C=N–C) groups is 1. The number of amides is 1. The molecule has 0 bridgehead atoms. The summed E-state index contributed by atoms with van der Waals surface area (Å²) in [5, 5.41) is 7.22. The van der Waals surface area contributed by atoms with E-state index in [0.29, 0.717) is 17.8 Å². The topological polar surface area (TPSA) is 71.8 Å². The third-order valence-electron chi connectivity index (χ3n) is 5.04. The number of fused-ring (bicyclic) bond motifs is 1. The van der Waals surface area contributed by atoms with Crippen molar-refractivity contribution in [3.63, 3.8) is 0 Å². The molecule has 0 saturated heterocycles. The van der Waals surface area contributed by atoms with Crippen molar-refractivity contribution < 1.29 is 9.53 Å². The van der Waals surface area contributed by atoms with Crippen LogP contribution in [0.1, 0.15) is 21.5 Å². The van der Waals surface area contributed by atoms with Gasteiger partial charge in [0.1, 0.15) is 11.6 Å². The Morgan fingerprint density at radius 1 is 1.20 bits per heavy atom. The molecular formula is C23H25N5O2. The lowest BCUT2D eigenvalue weighted by Gasteiger charge is -2.10. The summed E-state index contributed by atoms with van der Waals surface area (Å²) in [6.45, 7) is 0.834. The van der Waals surface area contributed by atoms with E-state index < -0.39 is 0 Å². The molecule has 7 heteroatoms. The first-order valence-corrected chi connectivity index (χ1v) is 9.76. The first-order chi connectivity index (χ1) is 14.4. The Morgan fingerprint density at radius 3 is 2.60 bits per heavy atom. The molecule has 0 fully saturated rings. The van der Waals surface area contributed by atoms with Gasteiger partial charge in [0.2, 0.25) is 0 Å². The van der Waals surface area contributed by atoms with Crippen LogP contribution in [0.5, 0.6) is 5.75 Å². The molecule has 7 nitrogen and oxygen atoms in total. The number of carbonyl (C=O) groups is 1. The number of nitrogens with one attached hydrogen (secondary N) is 1. The molecule has 0 spiro atoms. The molecule has 0 radical (unpaired) electrons. The molecule has 3 aromatic rings. The van der Waals surface area contributed by atoms with Crippen LogP contribution >= 0.6 is 0 Å². The van der Waals surface area contributed by atoms with Crippen molar-refractivity contribution in [3.05, 3.63) is 65.5 Å². The summed E-state index contributed by atoms with van der Waals surface area (Å²) >= 11 is 0. The van der Waals surface area contributed by atoms with E-state index in [4.69, 9.17) is 9.73 Å². The van der Waals surface area contributed by atoms with Crippen molar-refractivity contribution >= 4 is 17.4 Å². The number of hydrogen-bond acceptors (Lipinski definition) is 5. The van der Waals surface area contributed by atoms with E-state index in [9.17, 15) is 4.79 Å². The standard InChI is InChI=1S/C23H25N5O2/c1-27(2)13-15-5-7-16(8-6-15)23(29)26-21-11-19-20(30-4)10-9-18(22(19)25-21)17-12-24-28(3)14-17/h5-10,12,14H,11,13H2,1-4H3,(H,25,26,29). The first kappa shape index (κ1) is 19.8. The van der Waals surface area contributed by atoms with Crippen LogP contribution in [-0.2, 0) is 20.0 Å². The fraction of sp³-hybridized carbons (Fsp3) is 0.261. The summed E-state index contributed by atoms with van der Waals surface area (Å²) in [6.07, 6.45) is 4.27. The predicted molar refractivity (Wildman–Crippen MR) is 117 cm³/mol. The summed E-state index contributed by atoms with van der Waals surface area (Å²) in [7, 11) is 7.56. The second kappa shape index (κ2) is 8.12. The fourth-order valence-electron chi connectivity index (χ4n) is 3.64. The second-order valence-electron chi connectivity index (χ2n) is 7.67. The van der Waals surface area contributed by atoms with Crippen molar-refractivity contribution in [1.29, 1.82) is 0 Å². The van der Waals surface area contributed by atoms with Crippen LogP contribution in [-0.4, -0.2) is 47.6 Å². The Balaban J connectivity index is 1.57. The van der Waals surface area contributed by atoms with Crippen molar-refractivity contribution in [3.8, 4) is 16.9 Å². The number of benzene rings is 2. The molecule has 1 aliphatic heterocycles. The van der Waals surface area contributed by atoms with Gasteiger partial charge in [-0.25, -0.2) is 4.99 Å². The Hall–Kier alpha value is -3.45. The highest BCUT2D eigenvalue weighted by Gasteiger charge is 2.24. The minimum absolute atomic E-state index is 0.167. The average molecular weight is 403 g/mol. The number of hydrogen-bond donors (Lipinski definition) is 1. The monoisotopic (exact) mass is 403 g/mol. The predicted octanol–water partition coefficient (Wildman–Crippen LogP) is 3.17. The van der Waals surface area contributed by atoms with E-state index in [2.05, 4.69) is 15.3 Å². The second-order valence-corrected chi connectivity index (χ2v) is 7.67. The van der Waals surface area contributed by atoms with Crippen molar-refractivity contribution in [1.82, 2.24) is 20.0 Å². The van der Waals surface area contributed by atoms with Crippen molar-refractivity contribution in [2.45, 2.75) is 13.0 Å². The quantitative estimate of drug-likeness (QED) is 0.710. The van der Waals surface area contributed by atoms with Gasteiger partial charge in [0.15, 0.2) is 0 Å². The van der Waals surface area contributed by atoms with Crippen LogP contribution in [0.25, 0.3) is 11.1 Å². The largest absolute Gasteiger partial charge is 0.496 e. The van der Waals surface area contributed by atoms with E-state index in [1.54, 1.807) is 11.8 Å². The number of amidine groups is 1. The highest BCUT2D eigenvalue weighted by atomic mass is 16.5. The van der Waals surface area contributed by atoms with Gasteiger partial charge in [-0.1, -0.05) is 12.1 Å². The van der Waals surface area contributed by atoms with Crippen LogP contribution in [0.2, 0.25) is 0 Å². The molecular weight excluding hydrogens is 378 g/mol. The zero-order valence-corrected chi connectivity index (χ0v) is 17.6. The molecule has 2 heterocycles. The molecule has 0 unspecified atom stereocenters. The Labute approximate surface area is 176 Å². The van der Waals surface area contributed by atoms with Crippen LogP contribution in [0.3, 0.4) is 0 Å². The molecule has 154 valence electrons. The molecule has 2 aromatic carbocycles. The summed E-state index contributed by atoms with van der Waals surface area (Å²) < 4.78 is 7.28. The summed E-state index contributed by atoms with van der Waals surface area (Å²) in [6, 6.07) is 11.6. The van der Waals surface area contributed by atoms with Gasteiger partial charge < -0.3 is 15.0 Å². The maximum Gasteiger partial charge on any atom is 0.256 e. The summed E-state index contributed by atoms with van der Waals surface area (Å²) in [5.41, 5.74) is 5.50. The van der Waals surface area contributed by atoms with Gasteiger partial charge in [0.05, 0.1) is 19.0 Å². The minimum atomic E-state index is -0.167. The lowest BCUT2D eigenvalue weighted by atomic mass is 10.0. The SMILES string of the molecule is COc1ccc(-c2cnn(C)c2)c2c1CC(NC(=O)c1ccc(CN(C)C)cc1)=N2. The van der Waals surface area contributed by atoms with Crippen LogP contribution in [0.4, 0.5) is 5.69 Å². The Bertz CT molecular complexity index is 1110. The van der Waals surface area contributed by atoms with E-state index in [0.717, 1.165) is 40.2 Å². The fourth-order valence-corrected chi connectivity index (χ4v) is 3.64. The number of ether oxygens (including phenoxy) is 1. The van der Waals surface area contributed by atoms with Crippen LogP contribution in [0.15, 0.2) is 53.8 Å². The molecule has 0 atom stereocenters. The average Bonchev–Trinajstić information content (AvgIpc) is 3.33. The van der Waals surface area contributed by atoms with E-state index in [1.807, 2.05) is 69.9 Å². The number of aryl methyl sites for hydroxylation is 1. The van der Waals surface area contributed by atoms with Crippen LogP contribution < -0.4 is 10.1 Å². The van der Waals surface area contributed by atoms with Gasteiger partial charge in [-0.15, -0.1) is 0 Å². The first-order valence-electron chi connectivity index (χ1n) is 9.76. The molecule has 1 N–H and O–H groups in total. The third kappa shape index (κ3) is 3.97. The number of carbonyl (C=O) groups excluding carboxylic acids is 1. The van der Waals surface area contributed by atoms with Gasteiger partial charge >= 0.3 is 0 Å². The molecule has 1 aliphatic rings. The molecule has 1 aromatic heterocycles. The Kier molecular flexibility index (Phi) is 5.37. The maximum atomic E-state index is 12.8. The lowest BCUT2D eigenvalue weighted by molar-refractivity contribution is 0.0976. The maximum absolute atomic E-state index is 12.8. The molecule has 30 heavy (non-hydrogen) atoms. The molecule has 0 saturated carbocycles.